The predicted molar refractivity (Wildman–Crippen MR) is 103 cm³/mol. The molecule has 152 valence electrons. The fraction of sp³-hybridized carbons (Fsp3) is 0.316. The van der Waals surface area contributed by atoms with Gasteiger partial charge in [-0.2, -0.15) is 13.2 Å². The van der Waals surface area contributed by atoms with Crippen LogP contribution >= 0.6 is 0 Å². The van der Waals surface area contributed by atoms with Crippen LogP contribution in [0.5, 0.6) is 0 Å². The molecule has 0 aromatic heterocycles. The van der Waals surface area contributed by atoms with E-state index in [2.05, 4.69) is 5.32 Å². The average molecular weight is 414 g/mol. The van der Waals surface area contributed by atoms with Gasteiger partial charge < -0.3 is 5.32 Å². The van der Waals surface area contributed by atoms with Crippen LogP contribution in [0.2, 0.25) is 0 Å². The van der Waals surface area contributed by atoms with Crippen molar-refractivity contribution in [3.63, 3.8) is 0 Å². The van der Waals surface area contributed by atoms with Crippen LogP contribution in [0.25, 0.3) is 0 Å². The minimum absolute atomic E-state index is 0.229. The smallest absolute Gasteiger partial charge is 0.324 e. The van der Waals surface area contributed by atoms with Crippen molar-refractivity contribution in [1.82, 2.24) is 0 Å². The molecule has 0 fully saturated rings. The second-order valence-electron chi connectivity index (χ2n) is 6.33. The van der Waals surface area contributed by atoms with Crippen molar-refractivity contribution in [3.8, 4) is 0 Å². The third kappa shape index (κ3) is 5.25. The molecule has 0 bridgehead atoms. The van der Waals surface area contributed by atoms with Crippen molar-refractivity contribution in [2.24, 2.45) is 0 Å². The maximum absolute atomic E-state index is 13.0. The SMILES string of the molecule is CCc1cccc(C)c1NC(=O)CN(c1cccc(C(F)(F)F)c1)S(C)(=O)=O. The van der Waals surface area contributed by atoms with E-state index in [9.17, 15) is 26.4 Å². The number of rotatable bonds is 6. The molecule has 1 N–H and O–H groups in total. The van der Waals surface area contributed by atoms with E-state index in [0.717, 1.165) is 29.5 Å². The van der Waals surface area contributed by atoms with Crippen LogP contribution in [-0.2, 0) is 27.4 Å². The molecule has 0 aliphatic heterocycles. The summed E-state index contributed by atoms with van der Waals surface area (Å²) < 4.78 is 63.8. The zero-order valence-electron chi connectivity index (χ0n) is 15.7. The number of sulfonamides is 1. The summed E-state index contributed by atoms with van der Waals surface area (Å²) in [6.45, 7) is 3.07. The van der Waals surface area contributed by atoms with Crippen LogP contribution in [-0.4, -0.2) is 27.1 Å². The largest absolute Gasteiger partial charge is 0.416 e. The Labute approximate surface area is 162 Å². The van der Waals surface area contributed by atoms with Gasteiger partial charge in [0.2, 0.25) is 15.9 Å². The zero-order valence-corrected chi connectivity index (χ0v) is 16.5. The summed E-state index contributed by atoms with van der Waals surface area (Å²) in [5, 5.41) is 2.68. The molecule has 0 saturated heterocycles. The molecule has 0 atom stereocenters. The highest BCUT2D eigenvalue weighted by molar-refractivity contribution is 7.92. The van der Waals surface area contributed by atoms with Crippen LogP contribution in [0.15, 0.2) is 42.5 Å². The average Bonchev–Trinajstić information content (AvgIpc) is 2.60. The Bertz CT molecular complexity index is 973. The maximum Gasteiger partial charge on any atom is 0.416 e. The van der Waals surface area contributed by atoms with E-state index in [1.165, 1.54) is 6.07 Å². The van der Waals surface area contributed by atoms with Gasteiger partial charge in [-0.1, -0.05) is 31.2 Å². The summed E-state index contributed by atoms with van der Waals surface area (Å²) in [6.07, 6.45) is -3.13. The Hall–Kier alpha value is -2.55. The van der Waals surface area contributed by atoms with Crippen LogP contribution in [0.3, 0.4) is 0 Å². The quantitative estimate of drug-likeness (QED) is 0.778. The Morgan fingerprint density at radius 3 is 2.36 bits per heavy atom. The number of alkyl halides is 3. The minimum atomic E-state index is -4.63. The fourth-order valence-corrected chi connectivity index (χ4v) is 3.60. The van der Waals surface area contributed by atoms with Gasteiger partial charge in [0.1, 0.15) is 6.54 Å². The van der Waals surface area contributed by atoms with Gasteiger partial charge in [0.15, 0.2) is 0 Å². The number of hydrogen-bond acceptors (Lipinski definition) is 3. The molecule has 0 radical (unpaired) electrons. The number of anilines is 2. The summed E-state index contributed by atoms with van der Waals surface area (Å²) in [6, 6.07) is 9.35. The number of benzene rings is 2. The first kappa shape index (κ1) is 21.7. The number of nitrogens with zero attached hydrogens (tertiary/aromatic N) is 1. The van der Waals surface area contributed by atoms with Gasteiger partial charge in [-0.15, -0.1) is 0 Å². The highest BCUT2D eigenvalue weighted by atomic mass is 32.2. The first-order chi connectivity index (χ1) is 12.9. The number of amides is 1. The molecule has 1 amide bonds. The van der Waals surface area contributed by atoms with Gasteiger partial charge in [0.25, 0.3) is 0 Å². The Balaban J connectivity index is 2.33. The monoisotopic (exact) mass is 414 g/mol. The molecular weight excluding hydrogens is 393 g/mol. The first-order valence-electron chi connectivity index (χ1n) is 8.46. The lowest BCUT2D eigenvalue weighted by Crippen LogP contribution is -2.37. The summed E-state index contributed by atoms with van der Waals surface area (Å²) in [7, 11) is -3.99. The number of nitrogens with one attached hydrogen (secondary N) is 1. The third-order valence-corrected chi connectivity index (χ3v) is 5.29. The molecule has 0 unspecified atom stereocenters. The van der Waals surface area contributed by atoms with E-state index >= 15 is 0 Å². The summed E-state index contributed by atoms with van der Waals surface area (Å²) in [5.74, 6) is -0.646. The summed E-state index contributed by atoms with van der Waals surface area (Å²) in [5.41, 5.74) is 1.03. The lowest BCUT2D eigenvalue weighted by atomic mass is 10.1. The van der Waals surface area contributed by atoms with Gasteiger partial charge in [-0.25, -0.2) is 8.42 Å². The van der Waals surface area contributed by atoms with Gasteiger partial charge in [0, 0.05) is 5.69 Å². The molecule has 0 aliphatic rings. The van der Waals surface area contributed by atoms with Gasteiger partial charge in [-0.05, 0) is 42.7 Å². The summed E-state index contributed by atoms with van der Waals surface area (Å²) in [4.78, 5) is 12.5. The number of hydrogen-bond donors (Lipinski definition) is 1. The van der Waals surface area contributed by atoms with Crippen molar-refractivity contribution in [2.75, 3.05) is 22.4 Å². The number of halogens is 3. The van der Waals surface area contributed by atoms with Crippen LogP contribution in [0.4, 0.5) is 24.5 Å². The molecule has 2 rings (SSSR count). The lowest BCUT2D eigenvalue weighted by Gasteiger charge is -2.23. The second-order valence-corrected chi connectivity index (χ2v) is 8.24. The fourth-order valence-electron chi connectivity index (χ4n) is 2.75. The van der Waals surface area contributed by atoms with Crippen molar-refractivity contribution in [1.29, 1.82) is 0 Å². The summed E-state index contributed by atoms with van der Waals surface area (Å²) >= 11 is 0. The molecule has 28 heavy (non-hydrogen) atoms. The van der Waals surface area contributed by atoms with Crippen molar-refractivity contribution in [3.05, 3.63) is 59.2 Å². The lowest BCUT2D eigenvalue weighted by molar-refractivity contribution is -0.137. The Kier molecular flexibility index (Phi) is 6.38. The number of carbonyl (C=O) groups excluding carboxylic acids is 1. The van der Waals surface area contributed by atoms with E-state index in [0.29, 0.717) is 22.5 Å². The molecule has 9 heteroatoms. The van der Waals surface area contributed by atoms with Crippen LogP contribution in [0.1, 0.15) is 23.6 Å². The second kappa shape index (κ2) is 8.22. The number of para-hydroxylation sites is 1. The molecular formula is C19H21F3N2O3S. The highest BCUT2D eigenvalue weighted by Crippen LogP contribution is 2.32. The van der Waals surface area contributed by atoms with E-state index < -0.39 is 34.2 Å². The first-order valence-corrected chi connectivity index (χ1v) is 10.3. The Morgan fingerprint density at radius 1 is 1.14 bits per heavy atom. The topological polar surface area (TPSA) is 66.5 Å². The predicted octanol–water partition coefficient (Wildman–Crippen LogP) is 3.98. The maximum atomic E-state index is 13.0. The number of carbonyl (C=O) groups is 1. The molecule has 5 nitrogen and oxygen atoms in total. The van der Waals surface area contributed by atoms with E-state index in [-0.39, 0.29) is 5.69 Å². The molecule has 0 heterocycles. The standard InChI is InChI=1S/C19H21F3N2O3S/c1-4-14-8-5-7-13(2)18(14)23-17(25)12-24(28(3,26)27)16-10-6-9-15(11-16)19(20,21)22/h5-11H,4,12H2,1-3H3,(H,23,25). The van der Waals surface area contributed by atoms with E-state index in [1.54, 1.807) is 13.0 Å². The zero-order chi connectivity index (χ0) is 21.1. The van der Waals surface area contributed by atoms with E-state index in [1.807, 2.05) is 19.1 Å². The van der Waals surface area contributed by atoms with Crippen molar-refractivity contribution in [2.45, 2.75) is 26.4 Å². The minimum Gasteiger partial charge on any atom is -0.324 e. The molecule has 0 aliphatic carbocycles. The van der Waals surface area contributed by atoms with Crippen LogP contribution < -0.4 is 9.62 Å². The molecule has 2 aromatic rings. The number of aryl methyl sites for hydroxylation is 2. The molecule has 0 spiro atoms. The molecule has 0 saturated carbocycles. The van der Waals surface area contributed by atoms with Crippen molar-refractivity contribution < 1.29 is 26.4 Å². The Morgan fingerprint density at radius 2 is 1.79 bits per heavy atom. The third-order valence-electron chi connectivity index (χ3n) is 4.15. The van der Waals surface area contributed by atoms with Gasteiger partial charge in [-0.3, -0.25) is 9.10 Å². The highest BCUT2D eigenvalue weighted by Gasteiger charge is 2.32. The van der Waals surface area contributed by atoms with Gasteiger partial charge in [0.05, 0.1) is 17.5 Å². The molecule has 2 aromatic carbocycles. The normalized spacial score (nSPS) is 11.9. The van der Waals surface area contributed by atoms with Crippen molar-refractivity contribution >= 4 is 27.3 Å². The van der Waals surface area contributed by atoms with E-state index in [4.69, 9.17) is 0 Å². The van der Waals surface area contributed by atoms with Gasteiger partial charge >= 0.3 is 6.18 Å². The van der Waals surface area contributed by atoms with Crippen LogP contribution in [0, 0.1) is 6.92 Å².